The molecule has 1 saturated heterocycles. The molecular formula is C27H26Cl2N4O5S. The molecule has 3 amide bonds. The van der Waals surface area contributed by atoms with Crippen LogP contribution in [0.4, 0.5) is 0 Å². The minimum absolute atomic E-state index is 0.120. The van der Waals surface area contributed by atoms with Gasteiger partial charge in [0.25, 0.3) is 5.91 Å². The van der Waals surface area contributed by atoms with E-state index >= 15 is 0 Å². The Hall–Kier alpha value is -3.47. The van der Waals surface area contributed by atoms with Crippen molar-refractivity contribution >= 4 is 74.4 Å². The van der Waals surface area contributed by atoms with Gasteiger partial charge in [0.05, 0.1) is 27.1 Å². The number of carbonyl (C=O) groups is 4. The lowest BCUT2D eigenvalue weighted by atomic mass is 10.0. The van der Waals surface area contributed by atoms with E-state index in [2.05, 4.69) is 15.6 Å². The van der Waals surface area contributed by atoms with Gasteiger partial charge in [-0.2, -0.15) is 0 Å². The SMILES string of the molecule is O=C(O)CC(CNC(=O)c1ccncc1)C(=O)NC1CCN(C(=O)/C=C/c2cc3ccsc3c(Cl)c2Cl)CC1. The Morgan fingerprint density at radius 3 is 2.54 bits per heavy atom. The van der Waals surface area contributed by atoms with Crippen LogP contribution in [0.3, 0.4) is 0 Å². The Morgan fingerprint density at radius 1 is 1.13 bits per heavy atom. The van der Waals surface area contributed by atoms with E-state index in [1.165, 1.54) is 41.9 Å². The van der Waals surface area contributed by atoms with Gasteiger partial charge in [0.15, 0.2) is 0 Å². The summed E-state index contributed by atoms with van der Waals surface area (Å²) in [7, 11) is 0. The van der Waals surface area contributed by atoms with E-state index in [1.807, 2.05) is 17.5 Å². The van der Waals surface area contributed by atoms with Crippen LogP contribution in [0, 0.1) is 5.92 Å². The third-order valence-corrected chi connectivity index (χ3v) is 8.40. The van der Waals surface area contributed by atoms with E-state index in [9.17, 15) is 24.3 Å². The topological polar surface area (TPSA) is 129 Å². The number of aliphatic carboxylic acids is 1. The minimum Gasteiger partial charge on any atom is -0.481 e. The molecule has 4 rings (SSSR count). The molecule has 1 aromatic carbocycles. The maximum atomic E-state index is 12.9. The number of halogens is 2. The fraction of sp³-hybridized carbons (Fsp3) is 0.296. The highest BCUT2D eigenvalue weighted by molar-refractivity contribution is 7.18. The van der Waals surface area contributed by atoms with Crippen molar-refractivity contribution in [2.24, 2.45) is 5.92 Å². The summed E-state index contributed by atoms with van der Waals surface area (Å²) in [6, 6.07) is 6.66. The average molecular weight is 590 g/mol. The highest BCUT2D eigenvalue weighted by Crippen LogP contribution is 2.37. The number of pyridine rings is 1. The number of benzene rings is 1. The van der Waals surface area contributed by atoms with Crippen LogP contribution < -0.4 is 10.6 Å². The lowest BCUT2D eigenvalue weighted by Gasteiger charge is -2.32. The van der Waals surface area contributed by atoms with E-state index in [-0.39, 0.29) is 18.5 Å². The smallest absolute Gasteiger partial charge is 0.304 e. The molecule has 3 heterocycles. The highest BCUT2D eigenvalue weighted by atomic mass is 35.5. The largest absolute Gasteiger partial charge is 0.481 e. The Kier molecular flexibility index (Phi) is 9.55. The van der Waals surface area contributed by atoms with Crippen LogP contribution in [-0.2, 0) is 14.4 Å². The zero-order valence-electron chi connectivity index (χ0n) is 20.7. The number of carboxylic acids is 1. The quantitative estimate of drug-likeness (QED) is 0.321. The maximum absolute atomic E-state index is 12.9. The van der Waals surface area contributed by atoms with Crippen LogP contribution in [0.1, 0.15) is 35.2 Å². The predicted molar refractivity (Wildman–Crippen MR) is 151 cm³/mol. The molecule has 0 radical (unpaired) electrons. The number of hydrogen-bond acceptors (Lipinski definition) is 6. The monoisotopic (exact) mass is 588 g/mol. The number of nitrogens with one attached hydrogen (secondary N) is 2. The second kappa shape index (κ2) is 13.1. The van der Waals surface area contributed by atoms with E-state index in [0.717, 1.165) is 10.1 Å². The van der Waals surface area contributed by atoms with Crippen LogP contribution >= 0.6 is 34.5 Å². The van der Waals surface area contributed by atoms with Gasteiger partial charge in [-0.3, -0.25) is 24.2 Å². The summed E-state index contributed by atoms with van der Waals surface area (Å²) in [5.74, 6) is -3.13. The Labute approximate surface area is 238 Å². The van der Waals surface area contributed by atoms with Crippen molar-refractivity contribution in [3.63, 3.8) is 0 Å². The number of amides is 3. The summed E-state index contributed by atoms with van der Waals surface area (Å²) >= 11 is 14.3. The summed E-state index contributed by atoms with van der Waals surface area (Å²) in [5.41, 5.74) is 1.02. The molecule has 0 bridgehead atoms. The second-order valence-corrected chi connectivity index (χ2v) is 10.8. The lowest BCUT2D eigenvalue weighted by Crippen LogP contribution is -2.49. The number of thiophene rings is 1. The van der Waals surface area contributed by atoms with Gasteiger partial charge in [-0.1, -0.05) is 23.2 Å². The van der Waals surface area contributed by atoms with E-state index < -0.39 is 30.1 Å². The fourth-order valence-electron chi connectivity index (χ4n) is 4.31. The van der Waals surface area contributed by atoms with Gasteiger partial charge < -0.3 is 20.6 Å². The number of hydrogen-bond donors (Lipinski definition) is 3. The van der Waals surface area contributed by atoms with Gasteiger partial charge in [-0.15, -0.1) is 11.3 Å². The Morgan fingerprint density at radius 2 is 1.85 bits per heavy atom. The van der Waals surface area contributed by atoms with Crippen LogP contribution in [0.25, 0.3) is 16.2 Å². The van der Waals surface area contributed by atoms with Crippen molar-refractivity contribution in [2.75, 3.05) is 19.6 Å². The number of nitrogens with zero attached hydrogens (tertiary/aromatic N) is 2. The van der Waals surface area contributed by atoms with Crippen molar-refractivity contribution in [1.82, 2.24) is 20.5 Å². The first-order valence-corrected chi connectivity index (χ1v) is 13.9. The third-order valence-electron chi connectivity index (χ3n) is 6.45. The van der Waals surface area contributed by atoms with Crippen LogP contribution in [0.5, 0.6) is 0 Å². The molecule has 204 valence electrons. The molecule has 12 heteroatoms. The number of fused-ring (bicyclic) bond motifs is 1. The molecule has 0 saturated carbocycles. The molecule has 0 spiro atoms. The number of rotatable bonds is 9. The van der Waals surface area contributed by atoms with Crippen LogP contribution in [-0.4, -0.2) is 64.4 Å². The van der Waals surface area contributed by atoms with E-state index in [1.54, 1.807) is 11.0 Å². The molecule has 3 N–H and O–H groups in total. The number of aromatic nitrogens is 1. The molecule has 1 unspecified atom stereocenters. The Balaban J connectivity index is 1.29. The fourth-order valence-corrected chi connectivity index (χ4v) is 5.75. The zero-order valence-corrected chi connectivity index (χ0v) is 23.1. The van der Waals surface area contributed by atoms with Gasteiger partial charge in [0, 0.05) is 49.7 Å². The molecule has 39 heavy (non-hydrogen) atoms. The summed E-state index contributed by atoms with van der Waals surface area (Å²) in [6.07, 6.45) is 6.66. The molecule has 0 aliphatic carbocycles. The molecule has 9 nitrogen and oxygen atoms in total. The first-order valence-electron chi connectivity index (χ1n) is 12.3. The first-order chi connectivity index (χ1) is 18.7. The van der Waals surface area contributed by atoms with E-state index in [4.69, 9.17) is 23.2 Å². The second-order valence-electron chi connectivity index (χ2n) is 9.11. The molecule has 1 fully saturated rings. The standard InChI is InChI=1S/C27H26Cl2N4O5S/c28-23-17(13-18-7-12-39-25(18)24(23)29)1-2-21(34)33-10-5-20(6-11-33)32-27(38)19(14-22(35)36)15-31-26(37)16-3-8-30-9-4-16/h1-4,7-9,12-13,19-20H,5-6,10-11,14-15H2,(H,31,37)(H,32,38)(H,35,36)/b2-1+. The summed E-state index contributed by atoms with van der Waals surface area (Å²) in [6.45, 7) is 0.730. The van der Waals surface area contributed by atoms with Gasteiger partial charge in [0.1, 0.15) is 0 Å². The number of piperidine rings is 1. The Bertz CT molecular complexity index is 1400. The van der Waals surface area contributed by atoms with Crippen molar-refractivity contribution in [3.05, 3.63) is 69.3 Å². The van der Waals surface area contributed by atoms with E-state index in [0.29, 0.717) is 47.1 Å². The molecule has 1 aliphatic rings. The predicted octanol–water partition coefficient (Wildman–Crippen LogP) is 4.24. The van der Waals surface area contributed by atoms with Crippen LogP contribution in [0.15, 0.2) is 48.1 Å². The number of carboxylic acid groups (broad SMARTS) is 1. The maximum Gasteiger partial charge on any atom is 0.304 e. The molecule has 2 aromatic heterocycles. The highest BCUT2D eigenvalue weighted by Gasteiger charge is 2.28. The van der Waals surface area contributed by atoms with Crippen molar-refractivity contribution in [1.29, 1.82) is 0 Å². The first kappa shape index (κ1) is 28.5. The third kappa shape index (κ3) is 7.35. The zero-order chi connectivity index (χ0) is 27.9. The van der Waals surface area contributed by atoms with Gasteiger partial charge in [0.2, 0.25) is 11.8 Å². The number of likely N-dealkylation sites (tertiary alicyclic amines) is 1. The van der Waals surface area contributed by atoms with Crippen molar-refractivity contribution < 1.29 is 24.3 Å². The summed E-state index contributed by atoms with van der Waals surface area (Å²) < 4.78 is 0.899. The van der Waals surface area contributed by atoms with Gasteiger partial charge in [-0.25, -0.2) is 0 Å². The minimum atomic E-state index is -1.14. The molecule has 1 aliphatic heterocycles. The van der Waals surface area contributed by atoms with Crippen molar-refractivity contribution in [2.45, 2.75) is 25.3 Å². The normalized spacial score (nSPS) is 14.9. The lowest BCUT2D eigenvalue weighted by molar-refractivity contribution is -0.141. The number of carbonyl (C=O) groups excluding carboxylic acids is 3. The average Bonchev–Trinajstić information content (AvgIpc) is 3.41. The molecular weight excluding hydrogens is 563 g/mol. The summed E-state index contributed by atoms with van der Waals surface area (Å²) in [5, 5.41) is 18.5. The van der Waals surface area contributed by atoms with Gasteiger partial charge in [-0.05, 0) is 59.5 Å². The molecule has 1 atom stereocenters. The van der Waals surface area contributed by atoms with Crippen LogP contribution in [0.2, 0.25) is 10.0 Å². The van der Waals surface area contributed by atoms with Crippen molar-refractivity contribution in [3.8, 4) is 0 Å². The molecule has 3 aromatic rings. The summed E-state index contributed by atoms with van der Waals surface area (Å²) in [4.78, 5) is 54.8. The van der Waals surface area contributed by atoms with Gasteiger partial charge >= 0.3 is 5.97 Å².